The molecule has 4 rings (SSSR count). The summed E-state index contributed by atoms with van der Waals surface area (Å²) < 4.78 is 0. The number of carbonyl (C=O) groups excluding carboxylic acids is 2. The van der Waals surface area contributed by atoms with Gasteiger partial charge in [-0.25, -0.2) is 0 Å². The number of carboxylic acids is 1. The van der Waals surface area contributed by atoms with Gasteiger partial charge in [0.1, 0.15) is 0 Å². The van der Waals surface area contributed by atoms with Crippen LogP contribution in [-0.2, 0) is 17.9 Å². The predicted molar refractivity (Wildman–Crippen MR) is 165 cm³/mol. The van der Waals surface area contributed by atoms with E-state index in [9.17, 15) is 24.8 Å². The van der Waals surface area contributed by atoms with Crippen molar-refractivity contribution in [2.45, 2.75) is 32.5 Å². The van der Waals surface area contributed by atoms with Crippen molar-refractivity contribution in [1.82, 2.24) is 5.32 Å². The van der Waals surface area contributed by atoms with Gasteiger partial charge in [0.25, 0.3) is 11.6 Å². The van der Waals surface area contributed by atoms with Gasteiger partial charge < -0.3 is 20.1 Å². The number of benzene rings is 4. The Morgan fingerprint density at radius 2 is 1.51 bits per heavy atom. The van der Waals surface area contributed by atoms with Gasteiger partial charge in [0.15, 0.2) is 0 Å². The molecule has 43 heavy (non-hydrogen) atoms. The summed E-state index contributed by atoms with van der Waals surface area (Å²) in [5.74, 6) is -1.20. The van der Waals surface area contributed by atoms with E-state index in [1.807, 2.05) is 79.9 Å². The smallest absolute Gasteiger partial charge is 0.548 e. The van der Waals surface area contributed by atoms with Crippen molar-refractivity contribution >= 4 is 35.0 Å². The molecule has 0 fully saturated rings. The molecular formula is C33H32LiN3O5S. The van der Waals surface area contributed by atoms with Crippen molar-refractivity contribution in [3.8, 4) is 11.1 Å². The number of hydrogen-bond donors (Lipinski definition) is 1. The Labute approximate surface area is 267 Å². The van der Waals surface area contributed by atoms with Crippen LogP contribution < -0.4 is 34.2 Å². The zero-order valence-electron chi connectivity index (χ0n) is 24.5. The first kappa shape index (κ1) is 33.5. The van der Waals surface area contributed by atoms with Crippen LogP contribution in [0.3, 0.4) is 0 Å². The number of non-ortho nitro benzene ring substituents is 1. The molecule has 0 saturated heterocycles. The largest absolute Gasteiger partial charge is 1.00 e. The second-order valence-corrected chi connectivity index (χ2v) is 10.9. The second-order valence-electron chi connectivity index (χ2n) is 9.94. The van der Waals surface area contributed by atoms with Crippen molar-refractivity contribution in [2.24, 2.45) is 0 Å². The van der Waals surface area contributed by atoms with Gasteiger partial charge in [-0.05, 0) is 77.4 Å². The number of carboxylic acid groups (broad SMARTS) is 1. The minimum Gasteiger partial charge on any atom is -0.548 e. The Morgan fingerprint density at radius 3 is 2.14 bits per heavy atom. The average Bonchev–Trinajstić information content (AvgIpc) is 2.99. The SMILES string of the molecule is CSCC[C@H](NC(=O)c1ccc(CN(Cc2ccc([N+](=O)[O-])cc2)c2ccccc2)cc1-c1ccccc1C)C(=O)[O-].[Li+]. The van der Waals surface area contributed by atoms with Gasteiger partial charge in [0.05, 0.1) is 16.9 Å². The molecule has 0 unspecified atom stereocenters. The van der Waals surface area contributed by atoms with Crippen molar-refractivity contribution in [3.63, 3.8) is 0 Å². The number of para-hydroxylation sites is 1. The Kier molecular flexibility index (Phi) is 12.4. The Hall–Kier alpha value is -4.03. The molecule has 0 aliphatic carbocycles. The van der Waals surface area contributed by atoms with Gasteiger partial charge in [-0.15, -0.1) is 0 Å². The fraction of sp³-hybridized carbons (Fsp3) is 0.212. The van der Waals surface area contributed by atoms with Crippen molar-refractivity contribution in [3.05, 3.63) is 129 Å². The molecule has 0 radical (unpaired) electrons. The number of thioether (sulfide) groups is 1. The number of rotatable bonds is 13. The van der Waals surface area contributed by atoms with Gasteiger partial charge in [0.2, 0.25) is 0 Å². The van der Waals surface area contributed by atoms with Gasteiger partial charge in [-0.3, -0.25) is 14.9 Å². The topological polar surface area (TPSA) is 116 Å². The van der Waals surface area contributed by atoms with Gasteiger partial charge in [0, 0.05) is 36.5 Å². The molecule has 10 heteroatoms. The van der Waals surface area contributed by atoms with Crippen LogP contribution in [0.4, 0.5) is 11.4 Å². The van der Waals surface area contributed by atoms with E-state index in [4.69, 9.17) is 0 Å². The van der Waals surface area contributed by atoms with E-state index in [0.29, 0.717) is 30.0 Å². The number of nitrogens with zero attached hydrogens (tertiary/aromatic N) is 2. The third-order valence-electron chi connectivity index (χ3n) is 6.98. The summed E-state index contributed by atoms with van der Waals surface area (Å²) in [4.78, 5) is 38.0. The number of aryl methyl sites for hydroxylation is 1. The van der Waals surface area contributed by atoms with Crippen LogP contribution >= 0.6 is 11.8 Å². The molecule has 8 nitrogen and oxygen atoms in total. The third-order valence-corrected chi connectivity index (χ3v) is 7.62. The molecule has 4 aromatic rings. The quantitative estimate of drug-likeness (QED) is 0.145. The Morgan fingerprint density at radius 1 is 0.884 bits per heavy atom. The molecule has 1 N–H and O–H groups in total. The summed E-state index contributed by atoms with van der Waals surface area (Å²) in [6, 6.07) is 28.6. The van der Waals surface area contributed by atoms with Crippen molar-refractivity contribution in [1.29, 1.82) is 0 Å². The van der Waals surface area contributed by atoms with E-state index in [1.165, 1.54) is 23.9 Å². The fourth-order valence-electron chi connectivity index (χ4n) is 4.75. The molecule has 0 aliphatic heterocycles. The maximum atomic E-state index is 13.4. The van der Waals surface area contributed by atoms with Crippen LogP contribution in [0.25, 0.3) is 11.1 Å². The summed E-state index contributed by atoms with van der Waals surface area (Å²) in [5, 5.41) is 25.5. The number of amides is 1. The zero-order chi connectivity index (χ0) is 30.1. The second kappa shape index (κ2) is 16.0. The number of nitrogens with one attached hydrogen (secondary N) is 1. The number of anilines is 1. The van der Waals surface area contributed by atoms with Crippen LogP contribution in [0.15, 0.2) is 97.1 Å². The van der Waals surface area contributed by atoms with E-state index >= 15 is 0 Å². The number of nitro benzene ring substituents is 1. The van der Waals surface area contributed by atoms with E-state index in [1.54, 1.807) is 18.2 Å². The van der Waals surface area contributed by atoms with Crippen LogP contribution in [0.1, 0.15) is 33.5 Å². The number of hydrogen-bond acceptors (Lipinski definition) is 7. The molecule has 0 saturated carbocycles. The van der Waals surface area contributed by atoms with Crippen LogP contribution in [-0.4, -0.2) is 34.9 Å². The zero-order valence-corrected chi connectivity index (χ0v) is 25.3. The first-order valence-electron chi connectivity index (χ1n) is 13.5. The van der Waals surface area contributed by atoms with Gasteiger partial charge in [-0.2, -0.15) is 11.8 Å². The summed E-state index contributed by atoms with van der Waals surface area (Å²) in [6.45, 7) is 2.97. The molecule has 216 valence electrons. The van der Waals surface area contributed by atoms with Gasteiger partial charge in [-0.1, -0.05) is 60.7 Å². The Balaban J connectivity index is 0.00000506. The molecule has 0 heterocycles. The summed E-state index contributed by atoms with van der Waals surface area (Å²) >= 11 is 1.50. The normalized spacial score (nSPS) is 11.2. The average molecular weight is 590 g/mol. The molecule has 0 spiro atoms. The predicted octanol–water partition coefficient (Wildman–Crippen LogP) is 2.38. The first-order valence-corrected chi connectivity index (χ1v) is 14.9. The number of carbonyl (C=O) groups is 2. The first-order chi connectivity index (χ1) is 20.3. The third kappa shape index (κ3) is 8.98. The molecule has 0 aromatic heterocycles. The van der Waals surface area contributed by atoms with Crippen LogP contribution in [0, 0.1) is 17.0 Å². The summed E-state index contributed by atoms with van der Waals surface area (Å²) in [5.41, 5.74) is 5.80. The molecule has 0 bridgehead atoms. The molecule has 0 aliphatic rings. The van der Waals surface area contributed by atoms with E-state index in [-0.39, 0.29) is 31.0 Å². The summed E-state index contributed by atoms with van der Waals surface area (Å²) in [7, 11) is 0. The summed E-state index contributed by atoms with van der Waals surface area (Å²) in [6.07, 6.45) is 2.14. The van der Waals surface area contributed by atoms with E-state index < -0.39 is 22.8 Å². The molecule has 4 aromatic carbocycles. The van der Waals surface area contributed by atoms with Crippen molar-refractivity contribution in [2.75, 3.05) is 16.9 Å². The van der Waals surface area contributed by atoms with E-state index in [2.05, 4.69) is 10.2 Å². The molecular weight excluding hydrogens is 557 g/mol. The molecule has 1 atom stereocenters. The maximum Gasteiger partial charge on any atom is 1.00 e. The fourth-order valence-corrected chi connectivity index (χ4v) is 5.22. The number of nitro groups is 1. The van der Waals surface area contributed by atoms with Gasteiger partial charge >= 0.3 is 18.9 Å². The Bertz CT molecular complexity index is 1550. The van der Waals surface area contributed by atoms with E-state index in [0.717, 1.165) is 27.9 Å². The molecule has 1 amide bonds. The number of aliphatic carboxylic acids is 1. The van der Waals surface area contributed by atoms with Crippen LogP contribution in [0.5, 0.6) is 0 Å². The van der Waals surface area contributed by atoms with Crippen molar-refractivity contribution < 1.29 is 38.5 Å². The monoisotopic (exact) mass is 589 g/mol. The van der Waals surface area contributed by atoms with Crippen LogP contribution in [0.2, 0.25) is 0 Å². The maximum absolute atomic E-state index is 13.4. The minimum atomic E-state index is -1.31. The standard InChI is InChI=1S/C33H33N3O5S.Li/c1-23-8-6-7-11-28(23)30-20-25(14-17-29(30)32(37)34-31(33(38)39)18-19-42-2)22-35(26-9-4-3-5-10-26)21-24-12-15-27(16-13-24)36(40)41;/h3-17,20,31H,18-19,21-22H2,1-2H3,(H,34,37)(H,38,39);/q;+1/p-1/t31-;/m0./s1. The minimum absolute atomic E-state index is 0.